The second-order valence-corrected chi connectivity index (χ2v) is 5.04. The van der Waals surface area contributed by atoms with Crippen LogP contribution in [-0.4, -0.2) is 29.1 Å². The highest BCUT2D eigenvalue weighted by Crippen LogP contribution is 2.35. The number of benzene rings is 1. The molecule has 1 aromatic rings. The summed E-state index contributed by atoms with van der Waals surface area (Å²) in [6.45, 7) is 0.491. The van der Waals surface area contributed by atoms with Gasteiger partial charge in [-0.2, -0.15) is 0 Å². The third-order valence-corrected chi connectivity index (χ3v) is 3.54. The van der Waals surface area contributed by atoms with Crippen molar-refractivity contribution >= 4 is 17.3 Å². The lowest BCUT2D eigenvalue weighted by atomic mass is 9.94. The van der Waals surface area contributed by atoms with Gasteiger partial charge in [-0.05, 0) is 24.8 Å². The van der Waals surface area contributed by atoms with Crippen molar-refractivity contribution in [3.63, 3.8) is 0 Å². The van der Waals surface area contributed by atoms with E-state index in [-0.39, 0.29) is 18.9 Å². The van der Waals surface area contributed by atoms with Gasteiger partial charge in [-0.1, -0.05) is 0 Å². The molecule has 21 heavy (non-hydrogen) atoms. The molecular formula is C13H14F2N2O4. The smallest absolute Gasteiger partial charge is 0.303 e. The lowest BCUT2D eigenvalue weighted by Gasteiger charge is -2.33. The van der Waals surface area contributed by atoms with Crippen molar-refractivity contribution < 1.29 is 23.6 Å². The summed E-state index contributed by atoms with van der Waals surface area (Å²) in [5.41, 5.74) is -0.903. The van der Waals surface area contributed by atoms with Crippen LogP contribution in [0.2, 0.25) is 0 Å². The number of piperidine rings is 1. The van der Waals surface area contributed by atoms with Crippen LogP contribution in [0.1, 0.15) is 19.3 Å². The van der Waals surface area contributed by atoms with Crippen LogP contribution in [0.3, 0.4) is 0 Å². The number of rotatable bonds is 4. The molecule has 2 rings (SSSR count). The van der Waals surface area contributed by atoms with Crippen molar-refractivity contribution in [2.45, 2.75) is 19.3 Å². The van der Waals surface area contributed by atoms with E-state index in [1.807, 2.05) is 0 Å². The van der Waals surface area contributed by atoms with Gasteiger partial charge < -0.3 is 10.0 Å². The summed E-state index contributed by atoms with van der Waals surface area (Å²) in [6, 6.07) is 1.64. The molecule has 0 radical (unpaired) electrons. The number of hydrogen-bond donors (Lipinski definition) is 1. The van der Waals surface area contributed by atoms with E-state index in [0.29, 0.717) is 19.4 Å². The Morgan fingerprint density at radius 3 is 2.81 bits per heavy atom. The number of hydrogen-bond acceptors (Lipinski definition) is 4. The van der Waals surface area contributed by atoms with Gasteiger partial charge in [0.2, 0.25) is 0 Å². The molecule has 1 heterocycles. The number of carboxylic acid groups (broad SMARTS) is 1. The number of anilines is 1. The molecule has 6 nitrogen and oxygen atoms in total. The van der Waals surface area contributed by atoms with Gasteiger partial charge in [0.15, 0.2) is 17.3 Å². The molecule has 8 heteroatoms. The second kappa shape index (κ2) is 6.02. The fourth-order valence-electron chi connectivity index (χ4n) is 2.66. The van der Waals surface area contributed by atoms with Crippen LogP contribution < -0.4 is 4.90 Å². The third-order valence-electron chi connectivity index (χ3n) is 3.54. The maximum absolute atomic E-state index is 14.0. The summed E-state index contributed by atoms with van der Waals surface area (Å²) in [4.78, 5) is 22.3. The monoisotopic (exact) mass is 300 g/mol. The average Bonchev–Trinajstić information content (AvgIpc) is 2.40. The molecule has 0 amide bonds. The minimum absolute atomic E-state index is 0.0960. The fourth-order valence-corrected chi connectivity index (χ4v) is 2.66. The summed E-state index contributed by atoms with van der Waals surface area (Å²) in [7, 11) is 0. The maximum Gasteiger partial charge on any atom is 0.303 e. The molecule has 0 aliphatic carbocycles. The van der Waals surface area contributed by atoms with Gasteiger partial charge in [-0.3, -0.25) is 14.9 Å². The molecule has 0 aromatic heterocycles. The zero-order chi connectivity index (χ0) is 15.6. The van der Waals surface area contributed by atoms with Crippen molar-refractivity contribution in [2.24, 2.45) is 5.92 Å². The number of carbonyl (C=O) groups is 1. The predicted molar refractivity (Wildman–Crippen MR) is 70.2 cm³/mol. The molecule has 1 saturated heterocycles. The maximum atomic E-state index is 14.0. The van der Waals surface area contributed by atoms with Crippen LogP contribution in [0.15, 0.2) is 12.1 Å². The van der Waals surface area contributed by atoms with E-state index < -0.39 is 33.9 Å². The van der Waals surface area contributed by atoms with Crippen LogP contribution >= 0.6 is 0 Å². The van der Waals surface area contributed by atoms with Crippen LogP contribution in [0.4, 0.5) is 20.2 Å². The predicted octanol–water partition coefficient (Wildman–Crippen LogP) is 2.56. The molecule has 1 unspecified atom stereocenters. The quantitative estimate of drug-likeness (QED) is 0.682. The van der Waals surface area contributed by atoms with Crippen molar-refractivity contribution in [1.82, 2.24) is 0 Å². The Balaban J connectivity index is 2.34. The first-order chi connectivity index (χ1) is 9.90. The van der Waals surface area contributed by atoms with Crippen LogP contribution in [0.25, 0.3) is 0 Å². The van der Waals surface area contributed by atoms with E-state index in [1.165, 1.54) is 4.90 Å². The first-order valence-electron chi connectivity index (χ1n) is 6.49. The molecule has 1 aliphatic heterocycles. The highest BCUT2D eigenvalue weighted by molar-refractivity contribution is 5.68. The summed E-state index contributed by atoms with van der Waals surface area (Å²) >= 11 is 0. The first kappa shape index (κ1) is 15.1. The van der Waals surface area contributed by atoms with E-state index in [4.69, 9.17) is 5.11 Å². The minimum Gasteiger partial charge on any atom is -0.481 e. The largest absolute Gasteiger partial charge is 0.481 e. The zero-order valence-electron chi connectivity index (χ0n) is 11.1. The Morgan fingerprint density at radius 1 is 1.48 bits per heavy atom. The summed E-state index contributed by atoms with van der Waals surface area (Å²) in [6.07, 6.45) is 1.12. The SMILES string of the molecule is O=C(O)CC1CCCN(c2c([N+](=O)[O-])ccc(F)c2F)C1. The normalized spacial score (nSPS) is 18.6. The molecule has 1 fully saturated rings. The Labute approximate surface area is 119 Å². The van der Waals surface area contributed by atoms with Gasteiger partial charge in [0, 0.05) is 25.6 Å². The third kappa shape index (κ3) is 3.26. The zero-order valence-corrected chi connectivity index (χ0v) is 11.1. The van der Waals surface area contributed by atoms with Crippen molar-refractivity contribution in [3.05, 3.63) is 33.9 Å². The summed E-state index contributed by atoms with van der Waals surface area (Å²) < 4.78 is 27.3. The van der Waals surface area contributed by atoms with Gasteiger partial charge in [-0.15, -0.1) is 0 Å². The van der Waals surface area contributed by atoms with E-state index in [1.54, 1.807) is 0 Å². The van der Waals surface area contributed by atoms with Crippen molar-refractivity contribution in [2.75, 3.05) is 18.0 Å². The van der Waals surface area contributed by atoms with E-state index in [9.17, 15) is 23.7 Å². The summed E-state index contributed by atoms with van der Waals surface area (Å²) in [5, 5.41) is 19.8. The fraction of sp³-hybridized carbons (Fsp3) is 0.462. The van der Waals surface area contributed by atoms with Crippen LogP contribution in [0, 0.1) is 27.7 Å². The van der Waals surface area contributed by atoms with E-state index in [0.717, 1.165) is 12.1 Å². The highest BCUT2D eigenvalue weighted by atomic mass is 19.2. The van der Waals surface area contributed by atoms with E-state index in [2.05, 4.69) is 0 Å². The number of aliphatic carboxylic acids is 1. The molecule has 0 bridgehead atoms. The molecule has 1 atom stereocenters. The molecular weight excluding hydrogens is 286 g/mol. The Hall–Kier alpha value is -2.25. The number of nitro groups is 1. The lowest BCUT2D eigenvalue weighted by molar-refractivity contribution is -0.384. The molecule has 1 aliphatic rings. The standard InChI is InChI=1S/C13H14F2N2O4/c14-9-3-4-10(17(20)21)13(12(9)15)16-5-1-2-8(7-16)6-11(18)19/h3-4,8H,1-2,5-7H2,(H,18,19). The van der Waals surface area contributed by atoms with E-state index >= 15 is 0 Å². The lowest BCUT2D eigenvalue weighted by Crippen LogP contribution is -2.37. The van der Waals surface area contributed by atoms with Crippen molar-refractivity contribution in [1.29, 1.82) is 0 Å². The Bertz CT molecular complexity index is 580. The van der Waals surface area contributed by atoms with Gasteiger partial charge in [0.05, 0.1) is 4.92 Å². The Kier molecular flexibility index (Phi) is 4.35. The van der Waals surface area contributed by atoms with Crippen LogP contribution in [-0.2, 0) is 4.79 Å². The topological polar surface area (TPSA) is 83.7 Å². The molecule has 0 spiro atoms. The molecule has 1 N–H and O–H groups in total. The number of nitrogens with zero attached hydrogens (tertiary/aromatic N) is 2. The number of halogens is 2. The van der Waals surface area contributed by atoms with Gasteiger partial charge >= 0.3 is 5.97 Å². The van der Waals surface area contributed by atoms with Gasteiger partial charge in [0.25, 0.3) is 5.69 Å². The molecule has 1 aromatic carbocycles. The number of carboxylic acids is 1. The van der Waals surface area contributed by atoms with Gasteiger partial charge in [-0.25, -0.2) is 8.78 Å². The van der Waals surface area contributed by atoms with Gasteiger partial charge in [0.1, 0.15) is 0 Å². The minimum atomic E-state index is -1.26. The highest BCUT2D eigenvalue weighted by Gasteiger charge is 2.30. The Morgan fingerprint density at radius 2 is 2.19 bits per heavy atom. The summed E-state index contributed by atoms with van der Waals surface area (Å²) in [5.74, 6) is -3.63. The first-order valence-corrected chi connectivity index (χ1v) is 6.49. The average molecular weight is 300 g/mol. The molecule has 114 valence electrons. The molecule has 0 saturated carbocycles. The van der Waals surface area contributed by atoms with Crippen molar-refractivity contribution in [3.8, 4) is 0 Å². The number of nitro benzene ring substituents is 1. The second-order valence-electron chi connectivity index (χ2n) is 5.04. The van der Waals surface area contributed by atoms with Crippen LogP contribution in [0.5, 0.6) is 0 Å².